The molecule has 0 radical (unpaired) electrons. The minimum absolute atomic E-state index is 0.154. The van der Waals surface area contributed by atoms with Crippen LogP contribution >= 0.6 is 0 Å². The zero-order valence-corrected chi connectivity index (χ0v) is 11.7. The molecule has 0 bridgehead atoms. The van der Waals surface area contributed by atoms with E-state index in [1.165, 1.54) is 6.07 Å². The van der Waals surface area contributed by atoms with E-state index in [2.05, 4.69) is 4.98 Å². The first-order chi connectivity index (χ1) is 8.69. The third kappa shape index (κ3) is 2.76. The summed E-state index contributed by atoms with van der Waals surface area (Å²) < 4.78 is 28.6. The smallest absolute Gasteiger partial charge is 0.161 e. The van der Waals surface area contributed by atoms with Gasteiger partial charge in [-0.15, -0.1) is 0 Å². The Bertz CT molecular complexity index is 609. The molecule has 0 saturated heterocycles. The lowest BCUT2D eigenvalue weighted by Crippen LogP contribution is -2.37. The van der Waals surface area contributed by atoms with Crippen molar-refractivity contribution in [1.82, 2.24) is 9.55 Å². The molecule has 0 unspecified atom stereocenters. The van der Waals surface area contributed by atoms with Crippen LogP contribution in [0, 0.1) is 11.6 Å². The van der Waals surface area contributed by atoms with Gasteiger partial charge in [0.25, 0.3) is 0 Å². The highest BCUT2D eigenvalue weighted by molar-refractivity contribution is 5.76. The lowest BCUT2D eigenvalue weighted by Gasteiger charge is -2.22. The first-order valence-electron chi connectivity index (χ1n) is 6.33. The molecule has 2 N–H and O–H groups in total. The van der Waals surface area contributed by atoms with Gasteiger partial charge in [0.1, 0.15) is 5.82 Å². The Kier molecular flexibility index (Phi) is 3.34. The molecule has 0 spiro atoms. The molecule has 0 atom stereocenters. The predicted octanol–water partition coefficient (Wildman–Crippen LogP) is 3.18. The van der Waals surface area contributed by atoms with Crippen molar-refractivity contribution in [3.8, 4) is 0 Å². The van der Waals surface area contributed by atoms with Gasteiger partial charge in [-0.3, -0.25) is 0 Å². The van der Waals surface area contributed by atoms with Crippen LogP contribution in [0.2, 0.25) is 0 Å². The summed E-state index contributed by atoms with van der Waals surface area (Å²) in [6, 6.07) is 2.33. The number of halogens is 2. The fourth-order valence-electron chi connectivity index (χ4n) is 2.15. The molecule has 5 heteroatoms. The van der Waals surface area contributed by atoms with Crippen LogP contribution in [0.4, 0.5) is 8.78 Å². The van der Waals surface area contributed by atoms with Crippen LogP contribution in [0.1, 0.15) is 39.4 Å². The molecule has 1 heterocycles. The summed E-state index contributed by atoms with van der Waals surface area (Å²) >= 11 is 0. The van der Waals surface area contributed by atoms with E-state index in [0.29, 0.717) is 17.6 Å². The summed E-state index contributed by atoms with van der Waals surface area (Å²) in [6.07, 6.45) is 0. The number of hydrogen-bond acceptors (Lipinski definition) is 2. The van der Waals surface area contributed by atoms with Crippen LogP contribution in [0.3, 0.4) is 0 Å². The maximum absolute atomic E-state index is 13.4. The standard InChI is InChI=1S/C14H19F2N3/c1-8(2)13-18-11-5-9(15)10(16)6-12(11)19(13)7-14(3,4)17/h5-6,8H,7,17H2,1-4H3. The number of hydrogen-bond donors (Lipinski definition) is 1. The summed E-state index contributed by atoms with van der Waals surface area (Å²) in [7, 11) is 0. The Morgan fingerprint density at radius 3 is 2.37 bits per heavy atom. The second-order valence-electron chi connectivity index (χ2n) is 5.95. The molecule has 0 fully saturated rings. The van der Waals surface area contributed by atoms with Crippen molar-refractivity contribution < 1.29 is 8.78 Å². The third-order valence-electron chi connectivity index (χ3n) is 2.90. The van der Waals surface area contributed by atoms with Gasteiger partial charge in [0, 0.05) is 30.1 Å². The maximum Gasteiger partial charge on any atom is 0.161 e. The van der Waals surface area contributed by atoms with E-state index in [1.807, 2.05) is 32.3 Å². The SMILES string of the molecule is CC(C)c1nc2cc(F)c(F)cc2n1CC(C)(C)N. The Labute approximate surface area is 111 Å². The van der Waals surface area contributed by atoms with Gasteiger partial charge in [-0.05, 0) is 13.8 Å². The van der Waals surface area contributed by atoms with Gasteiger partial charge >= 0.3 is 0 Å². The molecule has 0 saturated carbocycles. The summed E-state index contributed by atoms with van der Waals surface area (Å²) in [4.78, 5) is 4.40. The Morgan fingerprint density at radius 1 is 1.26 bits per heavy atom. The van der Waals surface area contributed by atoms with E-state index in [-0.39, 0.29) is 5.92 Å². The molecule has 0 aliphatic carbocycles. The number of benzene rings is 1. The zero-order valence-electron chi connectivity index (χ0n) is 11.7. The molecule has 104 valence electrons. The van der Waals surface area contributed by atoms with Crippen LogP contribution in [-0.4, -0.2) is 15.1 Å². The first-order valence-corrected chi connectivity index (χ1v) is 6.33. The van der Waals surface area contributed by atoms with Crippen molar-refractivity contribution in [2.75, 3.05) is 0 Å². The van der Waals surface area contributed by atoms with Crippen molar-refractivity contribution in [1.29, 1.82) is 0 Å². The van der Waals surface area contributed by atoms with Gasteiger partial charge in [0.15, 0.2) is 11.6 Å². The Morgan fingerprint density at radius 2 is 1.84 bits per heavy atom. The van der Waals surface area contributed by atoms with Crippen LogP contribution in [0.15, 0.2) is 12.1 Å². The van der Waals surface area contributed by atoms with Crippen molar-refractivity contribution in [2.45, 2.75) is 45.7 Å². The average Bonchev–Trinajstić information content (AvgIpc) is 2.56. The van der Waals surface area contributed by atoms with Crippen LogP contribution < -0.4 is 5.73 Å². The number of imidazole rings is 1. The summed E-state index contributed by atoms with van der Waals surface area (Å²) in [6.45, 7) is 8.27. The van der Waals surface area contributed by atoms with E-state index >= 15 is 0 Å². The quantitative estimate of drug-likeness (QED) is 0.928. The molecular weight excluding hydrogens is 248 g/mol. The van der Waals surface area contributed by atoms with E-state index in [4.69, 9.17) is 5.73 Å². The number of rotatable bonds is 3. The zero-order chi connectivity index (χ0) is 14.4. The maximum atomic E-state index is 13.4. The normalized spacial score (nSPS) is 12.6. The monoisotopic (exact) mass is 267 g/mol. The fraction of sp³-hybridized carbons (Fsp3) is 0.500. The van der Waals surface area contributed by atoms with Crippen molar-refractivity contribution in [2.24, 2.45) is 5.73 Å². The molecule has 1 aromatic carbocycles. The van der Waals surface area contributed by atoms with Crippen molar-refractivity contribution >= 4 is 11.0 Å². The van der Waals surface area contributed by atoms with E-state index < -0.39 is 17.2 Å². The van der Waals surface area contributed by atoms with Gasteiger partial charge in [-0.2, -0.15) is 0 Å². The van der Waals surface area contributed by atoms with Crippen LogP contribution in [0.25, 0.3) is 11.0 Å². The van der Waals surface area contributed by atoms with Gasteiger partial charge in [-0.1, -0.05) is 13.8 Å². The topological polar surface area (TPSA) is 43.8 Å². The van der Waals surface area contributed by atoms with Gasteiger partial charge < -0.3 is 10.3 Å². The molecule has 1 aromatic heterocycles. The minimum Gasteiger partial charge on any atom is -0.326 e. The predicted molar refractivity (Wildman–Crippen MR) is 72.0 cm³/mol. The molecular formula is C14H19F2N3. The molecule has 3 nitrogen and oxygen atoms in total. The summed E-state index contributed by atoms with van der Waals surface area (Å²) in [5, 5.41) is 0. The van der Waals surface area contributed by atoms with Crippen molar-refractivity contribution in [3.63, 3.8) is 0 Å². The van der Waals surface area contributed by atoms with E-state index in [0.717, 1.165) is 11.9 Å². The average molecular weight is 267 g/mol. The largest absolute Gasteiger partial charge is 0.326 e. The Hall–Kier alpha value is -1.49. The number of fused-ring (bicyclic) bond motifs is 1. The first kappa shape index (κ1) is 13.9. The third-order valence-corrected chi connectivity index (χ3v) is 2.90. The minimum atomic E-state index is -0.875. The lowest BCUT2D eigenvalue weighted by molar-refractivity contribution is 0.427. The van der Waals surface area contributed by atoms with Crippen molar-refractivity contribution in [3.05, 3.63) is 29.6 Å². The van der Waals surface area contributed by atoms with Gasteiger partial charge in [-0.25, -0.2) is 13.8 Å². The second kappa shape index (κ2) is 4.56. The van der Waals surface area contributed by atoms with Gasteiger partial charge in [0.2, 0.25) is 0 Å². The number of nitrogens with zero attached hydrogens (tertiary/aromatic N) is 2. The molecule has 0 aliphatic rings. The highest BCUT2D eigenvalue weighted by Gasteiger charge is 2.20. The molecule has 19 heavy (non-hydrogen) atoms. The van der Waals surface area contributed by atoms with E-state index in [9.17, 15) is 8.78 Å². The second-order valence-corrected chi connectivity index (χ2v) is 5.95. The van der Waals surface area contributed by atoms with Gasteiger partial charge in [0.05, 0.1) is 11.0 Å². The number of aromatic nitrogens is 2. The molecule has 0 amide bonds. The van der Waals surface area contributed by atoms with Crippen LogP contribution in [-0.2, 0) is 6.54 Å². The lowest BCUT2D eigenvalue weighted by atomic mass is 10.1. The molecule has 2 aromatic rings. The highest BCUT2D eigenvalue weighted by Crippen LogP contribution is 2.25. The highest BCUT2D eigenvalue weighted by atomic mass is 19.2. The number of nitrogens with two attached hydrogens (primary N) is 1. The van der Waals surface area contributed by atoms with Crippen LogP contribution in [0.5, 0.6) is 0 Å². The fourth-order valence-corrected chi connectivity index (χ4v) is 2.15. The van der Waals surface area contributed by atoms with E-state index in [1.54, 1.807) is 0 Å². The summed E-state index contributed by atoms with van der Waals surface area (Å²) in [5.74, 6) is -0.794. The Balaban J connectivity index is 2.69. The summed E-state index contributed by atoms with van der Waals surface area (Å²) in [5.41, 5.74) is 6.63. The molecule has 0 aliphatic heterocycles. The molecule has 2 rings (SSSR count).